The van der Waals surface area contributed by atoms with Crippen LogP contribution in [0.15, 0.2) is 0 Å². The van der Waals surface area contributed by atoms with Gasteiger partial charge in [-0.25, -0.2) is 0 Å². The highest BCUT2D eigenvalue weighted by Crippen LogP contribution is 2.13. The average molecular weight is 186 g/mol. The van der Waals surface area contributed by atoms with E-state index in [1.54, 1.807) is 0 Å². The van der Waals surface area contributed by atoms with E-state index in [-0.39, 0.29) is 0 Å². The first-order valence-electron chi connectivity index (χ1n) is 5.03. The first kappa shape index (κ1) is 9.40. The Kier molecular flexibility index (Phi) is 2.83. The molecule has 0 spiro atoms. The molecular formula is C9H18N2O2. The van der Waals surface area contributed by atoms with Crippen molar-refractivity contribution in [3.63, 3.8) is 0 Å². The van der Waals surface area contributed by atoms with Crippen LogP contribution in [0.3, 0.4) is 0 Å². The fraction of sp³-hybridized carbons (Fsp3) is 1.00. The zero-order valence-corrected chi connectivity index (χ0v) is 7.88. The van der Waals surface area contributed by atoms with Gasteiger partial charge in [0.1, 0.15) is 0 Å². The molecule has 0 saturated carbocycles. The van der Waals surface area contributed by atoms with E-state index in [1.165, 1.54) is 0 Å². The van der Waals surface area contributed by atoms with Crippen LogP contribution >= 0.6 is 0 Å². The van der Waals surface area contributed by atoms with E-state index in [0.29, 0.717) is 19.1 Å². The van der Waals surface area contributed by atoms with Crippen molar-refractivity contribution in [3.8, 4) is 0 Å². The van der Waals surface area contributed by atoms with E-state index < -0.39 is 5.60 Å². The average Bonchev–Trinajstić information content (AvgIpc) is 2.72. The van der Waals surface area contributed by atoms with Crippen LogP contribution in [0.2, 0.25) is 0 Å². The number of β-amino-alcohol motifs (C(OH)–C–C–N with tert-alkyl or cyclic N) is 1. The number of rotatable bonds is 3. The second-order valence-corrected chi connectivity index (χ2v) is 4.09. The standard InChI is InChI=1S/C9H18N2O2/c12-9(2-3-10-6-9)7-11-8-1-4-13-5-8/h8,10-12H,1-7H2. The van der Waals surface area contributed by atoms with Crippen molar-refractivity contribution in [2.75, 3.05) is 32.8 Å². The van der Waals surface area contributed by atoms with Gasteiger partial charge in [-0.15, -0.1) is 0 Å². The van der Waals surface area contributed by atoms with Gasteiger partial charge in [0.25, 0.3) is 0 Å². The van der Waals surface area contributed by atoms with Crippen LogP contribution in [-0.4, -0.2) is 49.6 Å². The van der Waals surface area contributed by atoms with E-state index in [1.807, 2.05) is 0 Å². The SMILES string of the molecule is OC1(CNC2CCOC2)CCNC1. The molecule has 0 aromatic heterocycles. The Labute approximate surface area is 78.7 Å². The molecule has 4 heteroatoms. The van der Waals surface area contributed by atoms with E-state index >= 15 is 0 Å². The van der Waals surface area contributed by atoms with E-state index in [0.717, 1.165) is 32.6 Å². The summed E-state index contributed by atoms with van der Waals surface area (Å²) >= 11 is 0. The Morgan fingerprint density at radius 1 is 1.62 bits per heavy atom. The van der Waals surface area contributed by atoms with E-state index in [9.17, 15) is 5.11 Å². The predicted octanol–water partition coefficient (Wildman–Crippen LogP) is -0.911. The molecule has 2 unspecified atom stereocenters. The summed E-state index contributed by atoms with van der Waals surface area (Å²) in [5, 5.41) is 16.5. The molecule has 2 aliphatic heterocycles. The molecule has 4 nitrogen and oxygen atoms in total. The summed E-state index contributed by atoms with van der Waals surface area (Å²) in [6, 6.07) is 0.449. The Bertz CT molecular complexity index is 163. The molecule has 76 valence electrons. The molecule has 0 aromatic carbocycles. The minimum absolute atomic E-state index is 0.449. The molecule has 3 N–H and O–H groups in total. The van der Waals surface area contributed by atoms with Crippen molar-refractivity contribution in [1.29, 1.82) is 0 Å². The second kappa shape index (κ2) is 3.92. The maximum absolute atomic E-state index is 9.99. The Hall–Kier alpha value is -0.160. The van der Waals surface area contributed by atoms with Crippen molar-refractivity contribution >= 4 is 0 Å². The van der Waals surface area contributed by atoms with Crippen LogP contribution in [0.25, 0.3) is 0 Å². The zero-order valence-electron chi connectivity index (χ0n) is 7.88. The highest BCUT2D eigenvalue weighted by Gasteiger charge is 2.31. The maximum atomic E-state index is 9.99. The van der Waals surface area contributed by atoms with Gasteiger partial charge in [-0.05, 0) is 19.4 Å². The molecule has 2 aliphatic rings. The maximum Gasteiger partial charge on any atom is 0.0907 e. The largest absolute Gasteiger partial charge is 0.387 e. The lowest BCUT2D eigenvalue weighted by Crippen LogP contribution is -2.46. The van der Waals surface area contributed by atoms with Gasteiger partial charge in [-0.3, -0.25) is 0 Å². The molecule has 0 bridgehead atoms. The van der Waals surface area contributed by atoms with Crippen molar-refractivity contribution in [3.05, 3.63) is 0 Å². The normalized spacial score (nSPS) is 39.9. The Morgan fingerprint density at radius 2 is 2.54 bits per heavy atom. The molecular weight excluding hydrogens is 168 g/mol. The minimum Gasteiger partial charge on any atom is -0.387 e. The lowest BCUT2D eigenvalue weighted by molar-refractivity contribution is 0.0574. The number of hydrogen-bond acceptors (Lipinski definition) is 4. The van der Waals surface area contributed by atoms with Gasteiger partial charge >= 0.3 is 0 Å². The van der Waals surface area contributed by atoms with Crippen LogP contribution in [-0.2, 0) is 4.74 Å². The fourth-order valence-corrected chi connectivity index (χ4v) is 1.91. The molecule has 2 heterocycles. The van der Waals surface area contributed by atoms with Gasteiger partial charge < -0.3 is 20.5 Å². The number of hydrogen-bond donors (Lipinski definition) is 3. The van der Waals surface area contributed by atoms with Crippen molar-refractivity contribution < 1.29 is 9.84 Å². The first-order valence-corrected chi connectivity index (χ1v) is 5.03. The van der Waals surface area contributed by atoms with Crippen LogP contribution in [0, 0.1) is 0 Å². The predicted molar refractivity (Wildman–Crippen MR) is 49.7 cm³/mol. The Balaban J connectivity index is 1.71. The minimum atomic E-state index is -0.525. The topological polar surface area (TPSA) is 53.5 Å². The lowest BCUT2D eigenvalue weighted by atomic mass is 10.0. The van der Waals surface area contributed by atoms with Gasteiger partial charge in [-0.1, -0.05) is 0 Å². The molecule has 0 aliphatic carbocycles. The van der Waals surface area contributed by atoms with Crippen LogP contribution in [0.5, 0.6) is 0 Å². The van der Waals surface area contributed by atoms with Gasteiger partial charge in [0.2, 0.25) is 0 Å². The molecule has 0 amide bonds. The number of ether oxygens (including phenoxy) is 1. The van der Waals surface area contributed by atoms with Gasteiger partial charge in [0.05, 0.1) is 12.2 Å². The third kappa shape index (κ3) is 2.40. The quantitative estimate of drug-likeness (QED) is 0.534. The van der Waals surface area contributed by atoms with Gasteiger partial charge in [0.15, 0.2) is 0 Å². The molecule has 2 rings (SSSR count). The number of nitrogens with one attached hydrogen (secondary N) is 2. The van der Waals surface area contributed by atoms with Gasteiger partial charge in [-0.2, -0.15) is 0 Å². The number of aliphatic hydroxyl groups is 1. The highest BCUT2D eigenvalue weighted by molar-refractivity contribution is 4.90. The highest BCUT2D eigenvalue weighted by atomic mass is 16.5. The van der Waals surface area contributed by atoms with Crippen LogP contribution < -0.4 is 10.6 Å². The lowest BCUT2D eigenvalue weighted by Gasteiger charge is -2.23. The van der Waals surface area contributed by atoms with Crippen LogP contribution in [0.4, 0.5) is 0 Å². The summed E-state index contributed by atoms with van der Waals surface area (Å²) in [7, 11) is 0. The smallest absolute Gasteiger partial charge is 0.0907 e. The van der Waals surface area contributed by atoms with Crippen molar-refractivity contribution in [2.24, 2.45) is 0 Å². The third-order valence-corrected chi connectivity index (χ3v) is 2.87. The molecule has 0 radical (unpaired) electrons. The summed E-state index contributed by atoms with van der Waals surface area (Å²) in [5.41, 5.74) is -0.525. The molecule has 2 atom stereocenters. The summed E-state index contributed by atoms with van der Waals surface area (Å²) < 4.78 is 5.25. The summed E-state index contributed by atoms with van der Waals surface area (Å²) in [6.07, 6.45) is 1.93. The van der Waals surface area contributed by atoms with Crippen molar-refractivity contribution in [1.82, 2.24) is 10.6 Å². The summed E-state index contributed by atoms with van der Waals surface area (Å²) in [6.45, 7) is 3.98. The first-order chi connectivity index (χ1) is 6.29. The molecule has 2 saturated heterocycles. The molecule has 13 heavy (non-hydrogen) atoms. The zero-order chi connectivity index (χ0) is 9.15. The van der Waals surface area contributed by atoms with E-state index in [4.69, 9.17) is 4.74 Å². The van der Waals surface area contributed by atoms with E-state index in [2.05, 4.69) is 10.6 Å². The van der Waals surface area contributed by atoms with Crippen LogP contribution in [0.1, 0.15) is 12.8 Å². The second-order valence-electron chi connectivity index (χ2n) is 4.09. The van der Waals surface area contributed by atoms with Crippen molar-refractivity contribution in [2.45, 2.75) is 24.5 Å². The summed E-state index contributed by atoms with van der Waals surface area (Å²) in [4.78, 5) is 0. The molecule has 0 aromatic rings. The third-order valence-electron chi connectivity index (χ3n) is 2.87. The fourth-order valence-electron chi connectivity index (χ4n) is 1.91. The Morgan fingerprint density at radius 3 is 3.15 bits per heavy atom. The monoisotopic (exact) mass is 186 g/mol. The summed E-state index contributed by atoms with van der Waals surface area (Å²) in [5.74, 6) is 0. The van der Waals surface area contributed by atoms with Gasteiger partial charge in [0, 0.05) is 25.7 Å². The molecule has 2 fully saturated rings.